The van der Waals surface area contributed by atoms with E-state index in [9.17, 15) is 28.3 Å². The fourth-order valence-electron chi connectivity index (χ4n) is 5.70. The predicted octanol–water partition coefficient (Wildman–Crippen LogP) is 4.54. The first-order valence-corrected chi connectivity index (χ1v) is 15.4. The van der Waals surface area contributed by atoms with Crippen LogP contribution in [-0.2, 0) is 22.4 Å². The smallest absolute Gasteiger partial charge is 0.354 e. The molecule has 2 aromatic carbocycles. The zero-order chi connectivity index (χ0) is 34.4. The molecule has 3 heterocycles. The largest absolute Gasteiger partial charge is 0.477 e. The van der Waals surface area contributed by atoms with Gasteiger partial charge in [-0.3, -0.25) is 4.79 Å². The second kappa shape index (κ2) is 15.3. The molecule has 0 saturated carbocycles. The summed E-state index contributed by atoms with van der Waals surface area (Å²) in [6.45, 7) is 8.75. The van der Waals surface area contributed by atoms with Crippen LogP contribution in [0.25, 0.3) is 5.65 Å². The molecule has 1 atom stereocenters. The minimum atomic E-state index is -1.39. The number of amides is 1. The van der Waals surface area contributed by atoms with Gasteiger partial charge in [0.2, 0.25) is 0 Å². The van der Waals surface area contributed by atoms with E-state index in [1.807, 2.05) is 17.9 Å². The van der Waals surface area contributed by atoms with E-state index in [1.165, 1.54) is 12.1 Å². The number of aromatic carboxylic acids is 1. The van der Waals surface area contributed by atoms with Gasteiger partial charge in [0.1, 0.15) is 18.1 Å². The fourth-order valence-corrected chi connectivity index (χ4v) is 5.85. The average molecular weight is 683 g/mol. The number of esters is 1. The maximum Gasteiger partial charge on any atom is 0.354 e. The van der Waals surface area contributed by atoms with Gasteiger partial charge in [-0.05, 0) is 72.0 Å². The monoisotopic (exact) mass is 682 g/mol. The van der Waals surface area contributed by atoms with Crippen molar-refractivity contribution in [3.8, 4) is 0 Å². The Hall–Kier alpha value is -4.92. The summed E-state index contributed by atoms with van der Waals surface area (Å²) in [7, 11) is 0. The molecular formula is C33H33ClF2N6O6. The number of carbonyl (C=O) groups is 3. The lowest BCUT2D eigenvalue weighted by atomic mass is 9.98. The highest BCUT2D eigenvalue weighted by Gasteiger charge is 2.29. The van der Waals surface area contributed by atoms with Crippen LogP contribution in [0.2, 0.25) is 0 Å². The second-order valence-electron chi connectivity index (χ2n) is 11.0. The summed E-state index contributed by atoms with van der Waals surface area (Å²) in [5.41, 5.74) is 3.67. The lowest BCUT2D eigenvalue weighted by molar-refractivity contribution is 0.0548. The molecule has 4 aromatic rings. The third kappa shape index (κ3) is 7.46. The SMILES string of the molecule is C=CCOC(=O)c1ccc2c(c1C)CC[C@@H]2NC(=O)c1cc(C(=O)O)nc2c(F)cnn12.Fc1ccc(CNCl)cc1N1CCOCC1. The van der Waals surface area contributed by atoms with Crippen molar-refractivity contribution in [3.63, 3.8) is 0 Å². The Balaban J connectivity index is 0.000000236. The number of carboxylic acids is 1. The summed E-state index contributed by atoms with van der Waals surface area (Å²) in [5.74, 6) is -3.48. The first kappa shape index (κ1) is 34.4. The number of morpholine rings is 1. The molecule has 48 heavy (non-hydrogen) atoms. The summed E-state index contributed by atoms with van der Waals surface area (Å²) in [6.07, 6.45) is 3.58. The van der Waals surface area contributed by atoms with E-state index in [2.05, 4.69) is 26.8 Å². The molecule has 0 spiro atoms. The summed E-state index contributed by atoms with van der Waals surface area (Å²) in [6, 6.07) is 9.14. The predicted molar refractivity (Wildman–Crippen MR) is 172 cm³/mol. The minimum Gasteiger partial charge on any atom is -0.477 e. The van der Waals surface area contributed by atoms with Crippen molar-refractivity contribution in [2.75, 3.05) is 37.8 Å². The van der Waals surface area contributed by atoms with Gasteiger partial charge in [0, 0.05) is 25.7 Å². The quantitative estimate of drug-likeness (QED) is 0.131. The molecular weight excluding hydrogens is 650 g/mol. The van der Waals surface area contributed by atoms with E-state index >= 15 is 0 Å². The molecule has 1 fully saturated rings. The van der Waals surface area contributed by atoms with Gasteiger partial charge in [-0.1, -0.05) is 24.8 Å². The molecule has 1 saturated heterocycles. The third-order valence-corrected chi connectivity index (χ3v) is 8.20. The van der Waals surface area contributed by atoms with E-state index in [4.69, 9.17) is 21.3 Å². The number of hydrogen-bond acceptors (Lipinski definition) is 9. The number of carboxylic acid groups (broad SMARTS) is 1. The molecule has 1 amide bonds. The molecule has 3 N–H and O–H groups in total. The maximum absolute atomic E-state index is 13.9. The molecule has 1 aliphatic heterocycles. The zero-order valence-electron chi connectivity index (χ0n) is 26.0. The Morgan fingerprint density at radius 2 is 1.94 bits per heavy atom. The van der Waals surface area contributed by atoms with Crippen LogP contribution in [0.4, 0.5) is 14.5 Å². The number of benzene rings is 2. The number of anilines is 1. The lowest BCUT2D eigenvalue weighted by Gasteiger charge is -2.29. The Labute approximate surface area is 279 Å². The van der Waals surface area contributed by atoms with Crippen LogP contribution in [0.1, 0.15) is 66.1 Å². The molecule has 1 aliphatic carbocycles. The molecule has 252 valence electrons. The van der Waals surface area contributed by atoms with Crippen LogP contribution in [0.15, 0.2) is 55.3 Å². The van der Waals surface area contributed by atoms with Crippen molar-refractivity contribution in [2.45, 2.75) is 32.4 Å². The first-order chi connectivity index (χ1) is 23.1. The number of hydrogen-bond donors (Lipinski definition) is 3. The van der Waals surface area contributed by atoms with Crippen LogP contribution < -0.4 is 15.1 Å². The molecule has 2 aliphatic rings. The molecule has 0 unspecified atom stereocenters. The fraction of sp³-hybridized carbons (Fsp3) is 0.303. The number of ether oxygens (including phenoxy) is 2. The summed E-state index contributed by atoms with van der Waals surface area (Å²) in [5, 5.41) is 15.9. The summed E-state index contributed by atoms with van der Waals surface area (Å²) >= 11 is 5.44. The van der Waals surface area contributed by atoms with Crippen molar-refractivity contribution in [3.05, 3.63) is 106 Å². The molecule has 2 aromatic heterocycles. The van der Waals surface area contributed by atoms with Gasteiger partial charge < -0.3 is 24.8 Å². The molecule has 12 nitrogen and oxygen atoms in total. The number of fused-ring (bicyclic) bond motifs is 2. The van der Waals surface area contributed by atoms with E-state index < -0.39 is 29.4 Å². The lowest BCUT2D eigenvalue weighted by Crippen LogP contribution is -2.36. The van der Waals surface area contributed by atoms with Crippen molar-refractivity contribution in [1.82, 2.24) is 24.8 Å². The van der Waals surface area contributed by atoms with Gasteiger partial charge in [0.25, 0.3) is 5.91 Å². The number of nitrogens with one attached hydrogen (secondary N) is 2. The highest BCUT2D eigenvalue weighted by atomic mass is 35.5. The number of carbonyl (C=O) groups excluding carboxylic acids is 2. The Morgan fingerprint density at radius 1 is 1.17 bits per heavy atom. The third-order valence-electron chi connectivity index (χ3n) is 8.06. The summed E-state index contributed by atoms with van der Waals surface area (Å²) in [4.78, 5) is 44.8. The normalized spacial score (nSPS) is 15.3. The Morgan fingerprint density at radius 3 is 2.65 bits per heavy atom. The molecule has 0 bridgehead atoms. The van der Waals surface area contributed by atoms with Gasteiger partial charge in [0.05, 0.1) is 36.7 Å². The van der Waals surface area contributed by atoms with Crippen LogP contribution in [-0.4, -0.2) is 70.5 Å². The maximum atomic E-state index is 13.9. The van der Waals surface area contributed by atoms with Gasteiger partial charge in [0.15, 0.2) is 17.2 Å². The van der Waals surface area contributed by atoms with E-state index in [0.29, 0.717) is 43.9 Å². The van der Waals surface area contributed by atoms with E-state index in [1.54, 1.807) is 18.2 Å². The highest BCUT2D eigenvalue weighted by molar-refractivity contribution is 6.13. The van der Waals surface area contributed by atoms with Crippen LogP contribution in [0, 0.1) is 18.6 Å². The van der Waals surface area contributed by atoms with E-state index in [0.717, 1.165) is 52.1 Å². The second-order valence-corrected chi connectivity index (χ2v) is 11.3. The molecule has 6 rings (SSSR count). The van der Waals surface area contributed by atoms with E-state index in [-0.39, 0.29) is 29.8 Å². The number of halogens is 3. The number of nitrogens with zero attached hydrogens (tertiary/aromatic N) is 4. The molecule has 0 radical (unpaired) electrons. The zero-order valence-corrected chi connectivity index (χ0v) is 26.7. The summed E-state index contributed by atoms with van der Waals surface area (Å²) < 4.78 is 38.9. The minimum absolute atomic E-state index is 0.112. The molecule has 15 heteroatoms. The van der Waals surface area contributed by atoms with Crippen LogP contribution in [0.5, 0.6) is 0 Å². The van der Waals surface area contributed by atoms with Crippen molar-refractivity contribution in [1.29, 1.82) is 0 Å². The van der Waals surface area contributed by atoms with Crippen molar-refractivity contribution in [2.24, 2.45) is 0 Å². The van der Waals surface area contributed by atoms with Crippen LogP contribution >= 0.6 is 11.8 Å². The topological polar surface area (TPSA) is 147 Å². The van der Waals surface area contributed by atoms with Gasteiger partial charge in [-0.15, -0.1) is 0 Å². The van der Waals surface area contributed by atoms with Gasteiger partial charge in [-0.25, -0.2) is 32.7 Å². The Kier molecular flexibility index (Phi) is 11.0. The standard InChI is InChI=1S/C22H19FN4O5.C11H14ClFN2O/c1-3-8-32-22(31)13-4-5-14-12(11(13)2)6-7-16(14)26-20(28)18-9-17(21(29)30)25-19-15(23)10-24-27(18)19;12-14-8-9-1-2-10(13)11(7-9)15-3-5-16-6-4-15/h3-5,9-10,16H,1,6-8H2,2H3,(H,26,28)(H,29,30);1-2,7,14H,3-6,8H2/t16-;/m0./s1. The van der Waals surface area contributed by atoms with Crippen molar-refractivity contribution < 1.29 is 37.7 Å². The van der Waals surface area contributed by atoms with Gasteiger partial charge >= 0.3 is 11.9 Å². The van der Waals surface area contributed by atoms with Crippen molar-refractivity contribution >= 4 is 41.0 Å². The first-order valence-electron chi connectivity index (χ1n) is 15.1. The number of rotatable bonds is 9. The Bertz CT molecular complexity index is 1860. The van der Waals surface area contributed by atoms with Gasteiger partial charge in [-0.2, -0.15) is 5.10 Å². The highest BCUT2D eigenvalue weighted by Crippen LogP contribution is 2.35. The van der Waals surface area contributed by atoms with Crippen LogP contribution in [0.3, 0.4) is 0 Å². The average Bonchev–Trinajstić information content (AvgIpc) is 3.68. The number of aromatic nitrogens is 3.